The first-order valence-electron chi connectivity index (χ1n) is 4.69. The van der Waals surface area contributed by atoms with Gasteiger partial charge in [0.1, 0.15) is 0 Å². The number of nitrogens with one attached hydrogen (secondary N) is 2. The van der Waals surface area contributed by atoms with E-state index in [0.29, 0.717) is 0 Å². The molecule has 6 nitrogen and oxygen atoms in total. The predicted octanol–water partition coefficient (Wildman–Crippen LogP) is -0.508. The summed E-state index contributed by atoms with van der Waals surface area (Å²) in [6, 6.07) is 0.0217. The normalized spacial score (nSPS) is 9.80. The number of aliphatic carboxylic acids is 1. The minimum absolute atomic E-state index is 0.0217. The third kappa shape index (κ3) is 8.73. The van der Waals surface area contributed by atoms with Gasteiger partial charge in [-0.3, -0.25) is 14.4 Å². The maximum atomic E-state index is 11.1. The van der Waals surface area contributed by atoms with E-state index in [1.165, 1.54) is 0 Å². The first-order valence-corrected chi connectivity index (χ1v) is 4.69. The van der Waals surface area contributed by atoms with Crippen LogP contribution in [0.2, 0.25) is 0 Å². The molecule has 0 aromatic heterocycles. The second-order valence-corrected chi connectivity index (χ2v) is 3.39. The van der Waals surface area contributed by atoms with E-state index in [0.717, 1.165) is 0 Å². The van der Waals surface area contributed by atoms with E-state index in [4.69, 9.17) is 5.11 Å². The second-order valence-electron chi connectivity index (χ2n) is 3.39. The van der Waals surface area contributed by atoms with Gasteiger partial charge in [0.15, 0.2) is 0 Å². The highest BCUT2D eigenvalue weighted by molar-refractivity contribution is 5.86. The van der Waals surface area contributed by atoms with Gasteiger partial charge in [0.2, 0.25) is 11.8 Å². The van der Waals surface area contributed by atoms with Crippen molar-refractivity contribution in [2.24, 2.45) is 0 Å². The van der Waals surface area contributed by atoms with Crippen molar-refractivity contribution in [3.05, 3.63) is 0 Å². The lowest BCUT2D eigenvalue weighted by molar-refractivity contribution is -0.138. The minimum Gasteiger partial charge on any atom is -0.481 e. The summed E-state index contributed by atoms with van der Waals surface area (Å²) < 4.78 is 0. The number of amides is 2. The van der Waals surface area contributed by atoms with E-state index < -0.39 is 11.9 Å². The Balaban J connectivity index is 3.62. The highest BCUT2D eigenvalue weighted by Crippen LogP contribution is 1.87. The van der Waals surface area contributed by atoms with Gasteiger partial charge in [-0.1, -0.05) is 0 Å². The molecule has 15 heavy (non-hydrogen) atoms. The van der Waals surface area contributed by atoms with Gasteiger partial charge in [0.05, 0.1) is 13.0 Å². The summed E-state index contributed by atoms with van der Waals surface area (Å²) in [7, 11) is 0. The number of carboxylic acid groups (broad SMARTS) is 1. The van der Waals surface area contributed by atoms with E-state index in [9.17, 15) is 14.4 Å². The van der Waals surface area contributed by atoms with Crippen LogP contribution in [0, 0.1) is 0 Å². The van der Waals surface area contributed by atoms with E-state index in [1.807, 2.05) is 13.8 Å². The molecule has 0 heterocycles. The van der Waals surface area contributed by atoms with Gasteiger partial charge in [-0.2, -0.15) is 0 Å². The van der Waals surface area contributed by atoms with E-state index in [2.05, 4.69) is 10.6 Å². The van der Waals surface area contributed by atoms with Gasteiger partial charge in [-0.15, -0.1) is 0 Å². The molecule has 0 aromatic rings. The molecular weight excluding hydrogens is 200 g/mol. The predicted molar refractivity (Wildman–Crippen MR) is 53.2 cm³/mol. The molecule has 86 valence electrons. The molecule has 0 saturated heterocycles. The number of rotatable bonds is 6. The standard InChI is InChI=1S/C9H16N2O4/c1-6(2)11-8(13)5-10-7(12)3-4-9(14)15/h6H,3-5H2,1-2H3,(H,10,12)(H,11,13)(H,14,15). The van der Waals surface area contributed by atoms with Crippen LogP contribution in [0.1, 0.15) is 26.7 Å². The summed E-state index contributed by atoms with van der Waals surface area (Å²) in [5.41, 5.74) is 0. The fraction of sp³-hybridized carbons (Fsp3) is 0.667. The van der Waals surface area contributed by atoms with Crippen LogP contribution in [0.4, 0.5) is 0 Å². The van der Waals surface area contributed by atoms with Gasteiger partial charge in [0, 0.05) is 12.5 Å². The van der Waals surface area contributed by atoms with E-state index >= 15 is 0 Å². The van der Waals surface area contributed by atoms with Crippen molar-refractivity contribution >= 4 is 17.8 Å². The highest BCUT2D eigenvalue weighted by Gasteiger charge is 2.07. The van der Waals surface area contributed by atoms with Crippen molar-refractivity contribution in [2.75, 3.05) is 6.54 Å². The molecule has 0 unspecified atom stereocenters. The highest BCUT2D eigenvalue weighted by atomic mass is 16.4. The fourth-order valence-corrected chi connectivity index (χ4v) is 0.861. The van der Waals surface area contributed by atoms with Crippen LogP contribution < -0.4 is 10.6 Å². The summed E-state index contributed by atoms with van der Waals surface area (Å²) in [6.45, 7) is 3.50. The van der Waals surface area contributed by atoms with Gasteiger partial charge in [-0.05, 0) is 13.8 Å². The zero-order valence-corrected chi connectivity index (χ0v) is 8.87. The lowest BCUT2D eigenvalue weighted by atomic mass is 10.3. The van der Waals surface area contributed by atoms with Crippen LogP contribution in [0.15, 0.2) is 0 Å². The van der Waals surface area contributed by atoms with E-state index in [-0.39, 0.29) is 31.3 Å². The Kier molecular flexibility index (Phi) is 6.08. The van der Waals surface area contributed by atoms with Crippen molar-refractivity contribution in [3.63, 3.8) is 0 Å². The van der Waals surface area contributed by atoms with Crippen molar-refractivity contribution in [2.45, 2.75) is 32.7 Å². The molecule has 0 rings (SSSR count). The number of hydrogen-bond donors (Lipinski definition) is 3. The minimum atomic E-state index is -1.03. The Labute approximate surface area is 88.0 Å². The molecular formula is C9H16N2O4. The molecule has 0 spiro atoms. The molecule has 2 amide bonds. The van der Waals surface area contributed by atoms with Crippen LogP contribution in [0.3, 0.4) is 0 Å². The third-order valence-electron chi connectivity index (χ3n) is 1.46. The number of hydrogen-bond acceptors (Lipinski definition) is 3. The number of carbonyl (C=O) groups excluding carboxylic acids is 2. The van der Waals surface area contributed by atoms with Crippen molar-refractivity contribution in [1.82, 2.24) is 10.6 Å². The quantitative estimate of drug-likeness (QED) is 0.557. The molecule has 6 heteroatoms. The molecule has 0 aliphatic heterocycles. The number of carbonyl (C=O) groups is 3. The summed E-state index contributed by atoms with van der Waals surface area (Å²) in [6.07, 6.45) is -0.331. The SMILES string of the molecule is CC(C)NC(=O)CNC(=O)CCC(=O)O. The van der Waals surface area contributed by atoms with Crippen LogP contribution >= 0.6 is 0 Å². The summed E-state index contributed by atoms with van der Waals surface area (Å²) >= 11 is 0. The van der Waals surface area contributed by atoms with Gasteiger partial charge in [0.25, 0.3) is 0 Å². The smallest absolute Gasteiger partial charge is 0.303 e. The van der Waals surface area contributed by atoms with Gasteiger partial charge >= 0.3 is 5.97 Å². The molecule has 0 radical (unpaired) electrons. The Morgan fingerprint density at radius 1 is 1.13 bits per heavy atom. The lowest BCUT2D eigenvalue weighted by Crippen LogP contribution is -2.39. The molecule has 0 aromatic carbocycles. The largest absolute Gasteiger partial charge is 0.481 e. The Bertz CT molecular complexity index is 250. The zero-order valence-electron chi connectivity index (χ0n) is 8.87. The summed E-state index contributed by atoms with van der Waals surface area (Å²) in [4.78, 5) is 32.2. The molecule has 0 bridgehead atoms. The first kappa shape index (κ1) is 13.4. The summed E-state index contributed by atoms with van der Waals surface area (Å²) in [5, 5.41) is 13.2. The molecule has 0 fully saturated rings. The molecule has 0 saturated carbocycles. The lowest BCUT2D eigenvalue weighted by Gasteiger charge is -2.08. The number of carboxylic acids is 1. The molecule has 3 N–H and O–H groups in total. The molecule has 0 aliphatic rings. The van der Waals surface area contributed by atoms with Crippen LogP contribution in [-0.2, 0) is 14.4 Å². The maximum Gasteiger partial charge on any atom is 0.303 e. The van der Waals surface area contributed by atoms with Crippen molar-refractivity contribution in [3.8, 4) is 0 Å². The van der Waals surface area contributed by atoms with Crippen molar-refractivity contribution < 1.29 is 19.5 Å². The van der Waals surface area contributed by atoms with Crippen LogP contribution in [-0.4, -0.2) is 35.5 Å². The summed E-state index contributed by atoms with van der Waals surface area (Å²) in [5.74, 6) is -1.75. The molecule has 0 atom stereocenters. The van der Waals surface area contributed by atoms with Gasteiger partial charge < -0.3 is 15.7 Å². The Morgan fingerprint density at radius 2 is 1.73 bits per heavy atom. The van der Waals surface area contributed by atoms with E-state index in [1.54, 1.807) is 0 Å². The Hall–Kier alpha value is -1.59. The van der Waals surface area contributed by atoms with Gasteiger partial charge in [-0.25, -0.2) is 0 Å². The fourth-order valence-electron chi connectivity index (χ4n) is 0.861. The average molecular weight is 216 g/mol. The zero-order chi connectivity index (χ0) is 11.8. The first-order chi connectivity index (χ1) is 6.91. The average Bonchev–Trinajstić information content (AvgIpc) is 2.10. The monoisotopic (exact) mass is 216 g/mol. The third-order valence-corrected chi connectivity index (χ3v) is 1.46. The topological polar surface area (TPSA) is 95.5 Å². The Morgan fingerprint density at radius 3 is 2.20 bits per heavy atom. The second kappa shape index (κ2) is 6.80. The van der Waals surface area contributed by atoms with Crippen LogP contribution in [0.5, 0.6) is 0 Å². The van der Waals surface area contributed by atoms with Crippen molar-refractivity contribution in [1.29, 1.82) is 0 Å². The van der Waals surface area contributed by atoms with Crippen LogP contribution in [0.25, 0.3) is 0 Å². The molecule has 0 aliphatic carbocycles. The maximum absolute atomic E-state index is 11.1.